The van der Waals surface area contributed by atoms with Crippen molar-refractivity contribution in [3.63, 3.8) is 0 Å². The van der Waals surface area contributed by atoms with Gasteiger partial charge in [0.15, 0.2) is 5.82 Å². The molecule has 4 rings (SSSR count). The number of nitrogens with one attached hydrogen (secondary N) is 1. The second kappa shape index (κ2) is 8.44. The zero-order valence-corrected chi connectivity index (χ0v) is 16.0. The SMILES string of the molecule is CNc1cc([C@H]2CCCN(Cc3cccc(F)c3)C2)nc(-c2ccncc2)n1. The van der Waals surface area contributed by atoms with Gasteiger partial charge in [-0.1, -0.05) is 12.1 Å². The predicted octanol–water partition coefficient (Wildman–Crippen LogP) is 4.10. The van der Waals surface area contributed by atoms with Crippen molar-refractivity contribution in [2.24, 2.45) is 0 Å². The predicted molar refractivity (Wildman–Crippen MR) is 108 cm³/mol. The molecule has 0 aliphatic carbocycles. The highest BCUT2D eigenvalue weighted by atomic mass is 19.1. The number of anilines is 1. The number of aromatic nitrogens is 3. The van der Waals surface area contributed by atoms with Crippen LogP contribution in [0.2, 0.25) is 0 Å². The van der Waals surface area contributed by atoms with E-state index in [1.807, 2.05) is 31.3 Å². The second-order valence-corrected chi connectivity index (χ2v) is 7.19. The standard InChI is InChI=1S/C22H24FN5/c1-24-21-13-20(26-22(27-21)17-7-9-25-10-8-17)18-5-3-11-28(15-18)14-16-4-2-6-19(23)12-16/h2,4,6-10,12-13,18H,3,5,11,14-15H2,1H3,(H,24,26,27)/t18-/m0/s1. The molecular formula is C22H24FN5. The van der Waals surface area contributed by atoms with E-state index in [-0.39, 0.29) is 5.82 Å². The van der Waals surface area contributed by atoms with Gasteiger partial charge in [-0.25, -0.2) is 14.4 Å². The zero-order valence-electron chi connectivity index (χ0n) is 16.0. The van der Waals surface area contributed by atoms with E-state index in [1.165, 1.54) is 6.07 Å². The summed E-state index contributed by atoms with van der Waals surface area (Å²) in [7, 11) is 1.87. The lowest BCUT2D eigenvalue weighted by Crippen LogP contribution is -2.34. The van der Waals surface area contributed by atoms with E-state index in [0.29, 0.717) is 11.7 Å². The summed E-state index contributed by atoms with van der Waals surface area (Å²) in [5.41, 5.74) is 3.02. The van der Waals surface area contributed by atoms with Crippen LogP contribution in [0.3, 0.4) is 0 Å². The van der Waals surface area contributed by atoms with E-state index >= 15 is 0 Å². The minimum Gasteiger partial charge on any atom is -0.373 e. The smallest absolute Gasteiger partial charge is 0.161 e. The molecule has 2 aromatic heterocycles. The van der Waals surface area contributed by atoms with Gasteiger partial charge >= 0.3 is 0 Å². The molecule has 3 heterocycles. The van der Waals surface area contributed by atoms with Crippen LogP contribution in [0.15, 0.2) is 54.9 Å². The van der Waals surface area contributed by atoms with Gasteiger partial charge in [-0.05, 0) is 49.2 Å². The highest BCUT2D eigenvalue weighted by Gasteiger charge is 2.24. The molecule has 1 aromatic carbocycles. The van der Waals surface area contributed by atoms with Gasteiger partial charge in [-0.15, -0.1) is 0 Å². The fourth-order valence-corrected chi connectivity index (χ4v) is 3.77. The topological polar surface area (TPSA) is 53.9 Å². The molecule has 0 spiro atoms. The maximum atomic E-state index is 13.5. The van der Waals surface area contributed by atoms with Crippen LogP contribution < -0.4 is 5.32 Å². The van der Waals surface area contributed by atoms with Crippen LogP contribution in [0.25, 0.3) is 11.4 Å². The fraction of sp³-hybridized carbons (Fsp3) is 0.318. The number of benzene rings is 1. The van der Waals surface area contributed by atoms with Gasteiger partial charge in [-0.3, -0.25) is 9.88 Å². The third-order valence-electron chi connectivity index (χ3n) is 5.16. The number of rotatable bonds is 5. The number of piperidine rings is 1. The van der Waals surface area contributed by atoms with Crippen molar-refractivity contribution < 1.29 is 4.39 Å². The molecule has 1 aliphatic rings. The van der Waals surface area contributed by atoms with Crippen molar-refractivity contribution in [2.45, 2.75) is 25.3 Å². The third-order valence-corrected chi connectivity index (χ3v) is 5.16. The Morgan fingerprint density at radius 3 is 2.79 bits per heavy atom. The molecule has 28 heavy (non-hydrogen) atoms. The van der Waals surface area contributed by atoms with Crippen molar-refractivity contribution in [1.82, 2.24) is 19.9 Å². The summed E-state index contributed by atoms with van der Waals surface area (Å²) in [6.45, 7) is 2.69. The largest absolute Gasteiger partial charge is 0.373 e. The van der Waals surface area contributed by atoms with Gasteiger partial charge in [0.25, 0.3) is 0 Å². The second-order valence-electron chi connectivity index (χ2n) is 7.19. The molecule has 1 aliphatic heterocycles. The van der Waals surface area contributed by atoms with Crippen LogP contribution in [0, 0.1) is 5.82 Å². The number of nitrogens with zero attached hydrogens (tertiary/aromatic N) is 4. The van der Waals surface area contributed by atoms with Crippen molar-refractivity contribution in [1.29, 1.82) is 0 Å². The van der Waals surface area contributed by atoms with Crippen molar-refractivity contribution in [3.8, 4) is 11.4 Å². The van der Waals surface area contributed by atoms with Gasteiger partial charge in [0, 0.05) is 50.1 Å². The van der Waals surface area contributed by atoms with Crippen LogP contribution >= 0.6 is 0 Å². The summed E-state index contributed by atoms with van der Waals surface area (Å²) in [6.07, 6.45) is 5.70. The highest BCUT2D eigenvalue weighted by Crippen LogP contribution is 2.29. The molecule has 1 saturated heterocycles. The maximum Gasteiger partial charge on any atom is 0.161 e. The van der Waals surface area contributed by atoms with E-state index in [0.717, 1.165) is 55.1 Å². The van der Waals surface area contributed by atoms with E-state index in [4.69, 9.17) is 4.98 Å². The van der Waals surface area contributed by atoms with Crippen molar-refractivity contribution in [2.75, 3.05) is 25.5 Å². The van der Waals surface area contributed by atoms with Gasteiger partial charge in [0.1, 0.15) is 11.6 Å². The van der Waals surface area contributed by atoms with Crippen molar-refractivity contribution >= 4 is 5.82 Å². The lowest BCUT2D eigenvalue weighted by Gasteiger charge is -2.32. The minimum absolute atomic E-state index is 0.178. The molecule has 6 heteroatoms. The molecule has 3 aromatic rings. The monoisotopic (exact) mass is 377 g/mol. The van der Waals surface area contributed by atoms with E-state index in [2.05, 4.69) is 20.2 Å². The average Bonchev–Trinajstić information content (AvgIpc) is 2.74. The molecule has 5 nitrogen and oxygen atoms in total. The normalized spacial score (nSPS) is 17.4. The Balaban J connectivity index is 1.56. The Bertz CT molecular complexity index is 931. The van der Waals surface area contributed by atoms with Gasteiger partial charge in [0.2, 0.25) is 0 Å². The maximum absolute atomic E-state index is 13.5. The molecular weight excluding hydrogens is 353 g/mol. The number of hydrogen-bond acceptors (Lipinski definition) is 5. The Morgan fingerprint density at radius 2 is 2.00 bits per heavy atom. The molecule has 0 bridgehead atoms. The van der Waals surface area contributed by atoms with Crippen LogP contribution in [0.4, 0.5) is 10.2 Å². The summed E-state index contributed by atoms with van der Waals surface area (Å²) in [5, 5.41) is 3.15. The summed E-state index contributed by atoms with van der Waals surface area (Å²) in [6, 6.07) is 12.8. The molecule has 0 radical (unpaired) electrons. The van der Waals surface area contributed by atoms with Crippen LogP contribution in [0.1, 0.15) is 30.0 Å². The summed E-state index contributed by atoms with van der Waals surface area (Å²) >= 11 is 0. The molecule has 0 amide bonds. The lowest BCUT2D eigenvalue weighted by molar-refractivity contribution is 0.198. The Labute approximate surface area is 164 Å². The van der Waals surface area contributed by atoms with Crippen molar-refractivity contribution in [3.05, 3.63) is 71.9 Å². The first-order chi connectivity index (χ1) is 13.7. The Hall–Kier alpha value is -2.86. The van der Waals surface area contributed by atoms with Crippen LogP contribution in [0.5, 0.6) is 0 Å². The van der Waals surface area contributed by atoms with Gasteiger partial charge < -0.3 is 5.32 Å². The summed E-state index contributed by atoms with van der Waals surface area (Å²) in [4.78, 5) is 15.9. The average molecular weight is 377 g/mol. The van der Waals surface area contributed by atoms with Gasteiger partial charge in [-0.2, -0.15) is 0 Å². The first-order valence-corrected chi connectivity index (χ1v) is 9.65. The molecule has 144 valence electrons. The molecule has 1 N–H and O–H groups in total. The van der Waals surface area contributed by atoms with E-state index in [1.54, 1.807) is 24.5 Å². The number of hydrogen-bond donors (Lipinski definition) is 1. The number of halogens is 1. The van der Waals surface area contributed by atoms with Crippen LogP contribution in [-0.2, 0) is 6.54 Å². The zero-order chi connectivity index (χ0) is 19.3. The first kappa shape index (κ1) is 18.5. The highest BCUT2D eigenvalue weighted by molar-refractivity contribution is 5.57. The fourth-order valence-electron chi connectivity index (χ4n) is 3.77. The Morgan fingerprint density at radius 1 is 1.14 bits per heavy atom. The van der Waals surface area contributed by atoms with Gasteiger partial charge in [0.05, 0.1) is 5.69 Å². The molecule has 1 fully saturated rings. The molecule has 0 saturated carbocycles. The third kappa shape index (κ3) is 4.34. The number of pyridine rings is 1. The minimum atomic E-state index is -0.178. The first-order valence-electron chi connectivity index (χ1n) is 9.65. The summed E-state index contributed by atoms with van der Waals surface area (Å²) < 4.78 is 13.5. The lowest BCUT2D eigenvalue weighted by atomic mass is 9.94. The number of likely N-dealkylation sites (tertiary alicyclic amines) is 1. The van der Waals surface area contributed by atoms with E-state index < -0.39 is 0 Å². The Kier molecular flexibility index (Phi) is 5.58. The quantitative estimate of drug-likeness (QED) is 0.726. The van der Waals surface area contributed by atoms with Crippen LogP contribution in [-0.4, -0.2) is 40.0 Å². The van der Waals surface area contributed by atoms with E-state index in [9.17, 15) is 4.39 Å². The summed E-state index contributed by atoms with van der Waals surface area (Å²) in [5.74, 6) is 1.69. The molecule has 0 unspecified atom stereocenters. The molecule has 1 atom stereocenters.